The van der Waals surface area contributed by atoms with E-state index in [0.717, 1.165) is 44.5 Å². The third-order valence-corrected chi connectivity index (χ3v) is 7.12. The fraction of sp³-hybridized carbons (Fsp3) is 0.312. The summed E-state index contributed by atoms with van der Waals surface area (Å²) in [6.45, 7) is 1.25. The zero-order chi connectivity index (χ0) is 24.7. The molecule has 1 aliphatic rings. The Bertz CT molecular complexity index is 1290. The molecule has 4 heteroatoms. The SMILES string of the molecule is O=C1c2ccccc2C(=O)N1CCCCCCCCCCOc1c2ccccc2cc2ccccc12. The third-order valence-electron chi connectivity index (χ3n) is 7.12. The van der Waals surface area contributed by atoms with E-state index in [1.165, 1.54) is 45.7 Å². The first kappa shape index (κ1) is 24.1. The highest BCUT2D eigenvalue weighted by Crippen LogP contribution is 2.35. The van der Waals surface area contributed by atoms with Gasteiger partial charge in [-0.1, -0.05) is 99.2 Å². The normalized spacial score (nSPS) is 13.1. The summed E-state index contributed by atoms with van der Waals surface area (Å²) in [6.07, 6.45) is 8.89. The molecule has 0 saturated carbocycles. The molecule has 0 fully saturated rings. The molecule has 5 rings (SSSR count). The Kier molecular flexibility index (Phi) is 7.61. The van der Waals surface area contributed by atoms with Gasteiger partial charge in [-0.2, -0.15) is 0 Å². The minimum atomic E-state index is -0.144. The van der Waals surface area contributed by atoms with Gasteiger partial charge in [0.25, 0.3) is 11.8 Å². The molecule has 0 bridgehead atoms. The Balaban J connectivity index is 0.977. The van der Waals surface area contributed by atoms with Gasteiger partial charge in [-0.3, -0.25) is 14.5 Å². The number of benzene rings is 4. The van der Waals surface area contributed by atoms with Crippen molar-refractivity contribution in [2.75, 3.05) is 13.2 Å². The van der Waals surface area contributed by atoms with Gasteiger partial charge in [-0.05, 0) is 41.8 Å². The Morgan fingerprint density at radius 3 is 1.61 bits per heavy atom. The van der Waals surface area contributed by atoms with Crippen molar-refractivity contribution in [3.63, 3.8) is 0 Å². The van der Waals surface area contributed by atoms with E-state index in [9.17, 15) is 9.59 Å². The Morgan fingerprint density at radius 2 is 1.03 bits per heavy atom. The highest BCUT2D eigenvalue weighted by atomic mass is 16.5. The van der Waals surface area contributed by atoms with Crippen molar-refractivity contribution in [3.8, 4) is 5.75 Å². The van der Waals surface area contributed by atoms with E-state index in [0.29, 0.717) is 17.7 Å². The van der Waals surface area contributed by atoms with Gasteiger partial charge < -0.3 is 4.74 Å². The first-order valence-corrected chi connectivity index (χ1v) is 13.2. The van der Waals surface area contributed by atoms with Crippen LogP contribution in [0.2, 0.25) is 0 Å². The molecule has 0 spiro atoms. The molecule has 0 aliphatic carbocycles. The molecule has 0 aromatic heterocycles. The molecule has 0 N–H and O–H groups in total. The van der Waals surface area contributed by atoms with E-state index in [1.54, 1.807) is 12.1 Å². The second-order valence-corrected chi connectivity index (χ2v) is 9.63. The van der Waals surface area contributed by atoms with E-state index in [2.05, 4.69) is 54.6 Å². The van der Waals surface area contributed by atoms with Crippen molar-refractivity contribution in [2.24, 2.45) is 0 Å². The molecular formula is C32H33NO3. The van der Waals surface area contributed by atoms with Gasteiger partial charge >= 0.3 is 0 Å². The lowest BCUT2D eigenvalue weighted by atomic mass is 10.0. The van der Waals surface area contributed by atoms with Crippen LogP contribution in [0.1, 0.15) is 72.1 Å². The van der Waals surface area contributed by atoms with Crippen LogP contribution >= 0.6 is 0 Å². The molecule has 4 aromatic carbocycles. The standard InChI is InChI=1S/C32H33NO3/c34-31-28-19-11-12-20-29(28)32(35)33(31)21-13-5-3-1-2-4-6-14-22-36-30-26-17-9-7-15-24(26)23-25-16-8-10-18-27(25)30/h7-12,15-20,23H,1-6,13-14,21-22H2. The van der Waals surface area contributed by atoms with Crippen molar-refractivity contribution in [3.05, 3.63) is 90.0 Å². The van der Waals surface area contributed by atoms with Gasteiger partial charge in [0.2, 0.25) is 0 Å². The zero-order valence-electron chi connectivity index (χ0n) is 20.7. The topological polar surface area (TPSA) is 46.6 Å². The number of hydrogen-bond acceptors (Lipinski definition) is 3. The van der Waals surface area contributed by atoms with E-state index < -0.39 is 0 Å². The average Bonchev–Trinajstić information content (AvgIpc) is 3.16. The minimum Gasteiger partial charge on any atom is -0.492 e. The second kappa shape index (κ2) is 11.4. The van der Waals surface area contributed by atoms with E-state index in [4.69, 9.17) is 4.74 Å². The Morgan fingerprint density at radius 1 is 0.556 bits per heavy atom. The molecule has 0 saturated heterocycles. The summed E-state index contributed by atoms with van der Waals surface area (Å²) in [7, 11) is 0. The van der Waals surface area contributed by atoms with Crippen LogP contribution in [0.15, 0.2) is 78.9 Å². The molecule has 1 heterocycles. The van der Waals surface area contributed by atoms with Gasteiger partial charge in [0.15, 0.2) is 0 Å². The van der Waals surface area contributed by atoms with E-state index in [-0.39, 0.29) is 11.8 Å². The number of amides is 2. The fourth-order valence-electron chi connectivity index (χ4n) is 5.18. The van der Waals surface area contributed by atoms with Crippen LogP contribution in [-0.2, 0) is 0 Å². The van der Waals surface area contributed by atoms with Crippen molar-refractivity contribution in [2.45, 2.75) is 51.4 Å². The van der Waals surface area contributed by atoms with Crippen LogP contribution in [0.4, 0.5) is 0 Å². The number of nitrogens with zero attached hydrogens (tertiary/aromatic N) is 1. The number of carbonyl (C=O) groups is 2. The number of fused-ring (bicyclic) bond motifs is 3. The van der Waals surface area contributed by atoms with Gasteiger partial charge in [-0.15, -0.1) is 0 Å². The van der Waals surface area contributed by atoms with E-state index >= 15 is 0 Å². The van der Waals surface area contributed by atoms with Crippen LogP contribution < -0.4 is 4.74 Å². The molecule has 0 radical (unpaired) electrons. The lowest BCUT2D eigenvalue weighted by Crippen LogP contribution is -2.30. The predicted octanol–water partition coefficient (Wildman–Crippen LogP) is 7.79. The average molecular weight is 480 g/mol. The van der Waals surface area contributed by atoms with Crippen LogP contribution in [0.25, 0.3) is 21.5 Å². The predicted molar refractivity (Wildman–Crippen MR) is 146 cm³/mol. The number of carbonyl (C=O) groups excluding carboxylic acids is 2. The molecule has 0 unspecified atom stereocenters. The summed E-state index contributed by atoms with van der Waals surface area (Å²) in [5, 5.41) is 4.79. The van der Waals surface area contributed by atoms with Crippen molar-refractivity contribution < 1.29 is 14.3 Å². The smallest absolute Gasteiger partial charge is 0.261 e. The highest BCUT2D eigenvalue weighted by Gasteiger charge is 2.34. The molecular weight excluding hydrogens is 446 g/mol. The van der Waals surface area contributed by atoms with Crippen LogP contribution in [0.3, 0.4) is 0 Å². The number of rotatable bonds is 12. The van der Waals surface area contributed by atoms with Crippen LogP contribution in [-0.4, -0.2) is 29.9 Å². The largest absolute Gasteiger partial charge is 0.492 e. The molecule has 4 aromatic rings. The summed E-state index contributed by atoms with van der Waals surface area (Å²) >= 11 is 0. The van der Waals surface area contributed by atoms with Crippen LogP contribution in [0, 0.1) is 0 Å². The summed E-state index contributed by atoms with van der Waals surface area (Å²) in [6, 6.07) is 26.2. The molecule has 184 valence electrons. The molecule has 2 amide bonds. The first-order chi connectivity index (χ1) is 17.7. The van der Waals surface area contributed by atoms with Gasteiger partial charge in [0.05, 0.1) is 17.7 Å². The zero-order valence-corrected chi connectivity index (χ0v) is 20.7. The van der Waals surface area contributed by atoms with Gasteiger partial charge in [0, 0.05) is 17.3 Å². The van der Waals surface area contributed by atoms with Crippen molar-refractivity contribution >= 4 is 33.4 Å². The molecule has 36 heavy (non-hydrogen) atoms. The summed E-state index contributed by atoms with van der Waals surface area (Å²) in [5.41, 5.74) is 1.08. The lowest BCUT2D eigenvalue weighted by Gasteiger charge is -2.13. The molecule has 0 atom stereocenters. The monoisotopic (exact) mass is 479 g/mol. The Labute approximate surface area is 212 Å². The van der Waals surface area contributed by atoms with E-state index in [1.807, 2.05) is 12.1 Å². The fourth-order valence-corrected chi connectivity index (χ4v) is 5.18. The molecule has 4 nitrogen and oxygen atoms in total. The van der Waals surface area contributed by atoms with Crippen LogP contribution in [0.5, 0.6) is 5.75 Å². The maximum Gasteiger partial charge on any atom is 0.261 e. The van der Waals surface area contributed by atoms with Crippen molar-refractivity contribution in [1.29, 1.82) is 0 Å². The summed E-state index contributed by atoms with van der Waals surface area (Å²) < 4.78 is 6.32. The van der Waals surface area contributed by atoms with Gasteiger partial charge in [-0.25, -0.2) is 0 Å². The first-order valence-electron chi connectivity index (χ1n) is 13.2. The number of unbranched alkanes of at least 4 members (excludes halogenated alkanes) is 7. The maximum atomic E-state index is 12.4. The number of hydrogen-bond donors (Lipinski definition) is 0. The summed E-state index contributed by atoms with van der Waals surface area (Å²) in [5.74, 6) is 0.713. The highest BCUT2D eigenvalue weighted by molar-refractivity contribution is 6.21. The summed E-state index contributed by atoms with van der Waals surface area (Å²) in [4.78, 5) is 26.2. The molecule has 1 aliphatic heterocycles. The quantitative estimate of drug-likeness (QED) is 0.118. The maximum absolute atomic E-state index is 12.4. The Hall–Kier alpha value is -3.66. The lowest BCUT2D eigenvalue weighted by molar-refractivity contribution is 0.0651. The number of ether oxygens (including phenoxy) is 1. The van der Waals surface area contributed by atoms with Gasteiger partial charge in [0.1, 0.15) is 5.75 Å². The number of imide groups is 1. The second-order valence-electron chi connectivity index (χ2n) is 9.63. The van der Waals surface area contributed by atoms with Crippen molar-refractivity contribution in [1.82, 2.24) is 4.90 Å². The third kappa shape index (κ3) is 5.13. The minimum absolute atomic E-state index is 0.144.